The maximum Gasteiger partial charge on any atom is 0.269 e. The number of nitrogens with zero attached hydrogens (tertiary/aromatic N) is 6. The first-order valence-corrected chi connectivity index (χ1v) is 15.1. The second-order valence-electron chi connectivity index (χ2n) is 10.5. The average molecular weight is 575 g/mol. The zero-order valence-corrected chi connectivity index (χ0v) is 24.6. The number of piperazine rings is 1. The lowest BCUT2D eigenvalue weighted by Gasteiger charge is -2.32. The Morgan fingerprint density at radius 2 is 1.71 bits per heavy atom. The van der Waals surface area contributed by atoms with Crippen LogP contribution in [0, 0.1) is 6.92 Å². The molecule has 0 amide bonds. The molecule has 0 radical (unpaired) electrons. The van der Waals surface area contributed by atoms with Gasteiger partial charge in [0, 0.05) is 68.7 Å². The Labute approximate surface area is 239 Å². The van der Waals surface area contributed by atoms with Gasteiger partial charge in [0.2, 0.25) is 0 Å². The third-order valence-corrected chi connectivity index (χ3v) is 9.52. The monoisotopic (exact) mass is 574 g/mol. The Hall–Kier alpha value is -3.93. The van der Waals surface area contributed by atoms with E-state index in [0.29, 0.717) is 40.6 Å². The quantitative estimate of drug-likeness (QED) is 0.276. The highest BCUT2D eigenvalue weighted by molar-refractivity contribution is 7.90. The van der Waals surface area contributed by atoms with Crippen LogP contribution in [0.3, 0.4) is 0 Å². The number of benzene rings is 1. The first-order valence-electron chi connectivity index (χ1n) is 13.6. The van der Waals surface area contributed by atoms with Crippen LogP contribution in [0.5, 0.6) is 11.6 Å². The highest BCUT2D eigenvalue weighted by Gasteiger charge is 2.28. The molecule has 10 nitrogen and oxygen atoms in total. The molecule has 5 aromatic rings. The SMILES string of the molecule is COc1cc2c(nc1OC)c(-c1cc3cccnc3n1S(=O)(=O)c1ccc(C)cc1)cn2CCN1CCN(C)CC1. The van der Waals surface area contributed by atoms with Crippen molar-refractivity contribution in [3.05, 3.63) is 66.5 Å². The fourth-order valence-electron chi connectivity index (χ4n) is 5.42. The predicted molar refractivity (Wildman–Crippen MR) is 159 cm³/mol. The molecule has 214 valence electrons. The third-order valence-electron chi connectivity index (χ3n) is 7.81. The summed E-state index contributed by atoms with van der Waals surface area (Å²) in [5, 5.41) is 0.719. The summed E-state index contributed by atoms with van der Waals surface area (Å²) in [7, 11) is 1.28. The molecule has 0 spiro atoms. The van der Waals surface area contributed by atoms with Crippen LogP contribution < -0.4 is 9.47 Å². The number of pyridine rings is 2. The first kappa shape index (κ1) is 27.3. The molecule has 1 aliphatic rings. The normalized spacial score (nSPS) is 15.1. The van der Waals surface area contributed by atoms with Crippen molar-refractivity contribution < 1.29 is 17.9 Å². The van der Waals surface area contributed by atoms with Gasteiger partial charge in [-0.05, 0) is 44.3 Å². The van der Waals surface area contributed by atoms with Gasteiger partial charge in [-0.25, -0.2) is 22.4 Å². The summed E-state index contributed by atoms with van der Waals surface area (Å²) in [6.07, 6.45) is 3.60. The first-order chi connectivity index (χ1) is 19.8. The van der Waals surface area contributed by atoms with Gasteiger partial charge in [0.15, 0.2) is 11.4 Å². The molecule has 4 aromatic heterocycles. The molecule has 0 bridgehead atoms. The summed E-state index contributed by atoms with van der Waals surface area (Å²) in [4.78, 5) is 14.3. The van der Waals surface area contributed by atoms with Gasteiger partial charge in [-0.2, -0.15) is 0 Å². The fourth-order valence-corrected chi connectivity index (χ4v) is 6.90. The molecule has 11 heteroatoms. The van der Waals surface area contributed by atoms with Crippen molar-refractivity contribution in [3.63, 3.8) is 0 Å². The van der Waals surface area contributed by atoms with Gasteiger partial charge in [0.25, 0.3) is 15.9 Å². The maximum atomic E-state index is 14.2. The Morgan fingerprint density at radius 1 is 0.951 bits per heavy atom. The Morgan fingerprint density at radius 3 is 2.41 bits per heavy atom. The van der Waals surface area contributed by atoms with Crippen molar-refractivity contribution in [2.45, 2.75) is 18.4 Å². The van der Waals surface area contributed by atoms with Gasteiger partial charge >= 0.3 is 0 Å². The Balaban J connectivity index is 1.54. The van der Waals surface area contributed by atoms with Crippen LogP contribution >= 0.6 is 0 Å². The summed E-state index contributed by atoms with van der Waals surface area (Å²) in [5.41, 5.74) is 3.97. The summed E-state index contributed by atoms with van der Waals surface area (Å²) in [6, 6.07) is 14.3. The number of rotatable bonds is 8. The standard InChI is InChI=1S/C30H34N6O4S/c1-21-7-9-23(10-8-21)41(37,38)36-25(18-22-6-5-11-31-29(22)36)24-20-35(17-16-34-14-12-33(2)13-15-34)26-19-27(39-3)30(40-4)32-28(24)26/h5-11,18-20H,12-17H2,1-4H3. The van der Waals surface area contributed by atoms with E-state index in [0.717, 1.165) is 49.2 Å². The van der Waals surface area contributed by atoms with E-state index < -0.39 is 10.0 Å². The van der Waals surface area contributed by atoms with Gasteiger partial charge in [0.1, 0.15) is 5.52 Å². The second-order valence-corrected chi connectivity index (χ2v) is 12.3. The van der Waals surface area contributed by atoms with Crippen molar-refractivity contribution in [3.8, 4) is 22.9 Å². The number of hydrogen-bond acceptors (Lipinski definition) is 8. The van der Waals surface area contributed by atoms with Crippen molar-refractivity contribution in [2.24, 2.45) is 0 Å². The van der Waals surface area contributed by atoms with E-state index in [-0.39, 0.29) is 4.90 Å². The van der Waals surface area contributed by atoms with Gasteiger partial charge in [-0.1, -0.05) is 17.7 Å². The molecule has 0 N–H and O–H groups in total. The van der Waals surface area contributed by atoms with Gasteiger partial charge in [0.05, 0.1) is 30.3 Å². The molecule has 1 aromatic carbocycles. The van der Waals surface area contributed by atoms with E-state index in [1.54, 1.807) is 50.7 Å². The minimum absolute atomic E-state index is 0.193. The van der Waals surface area contributed by atoms with E-state index in [1.807, 2.05) is 31.3 Å². The van der Waals surface area contributed by atoms with Crippen molar-refractivity contribution in [1.29, 1.82) is 0 Å². The molecule has 1 fully saturated rings. The molecule has 5 heterocycles. The number of hydrogen-bond donors (Lipinski definition) is 0. The topological polar surface area (TPSA) is 94.7 Å². The zero-order chi connectivity index (χ0) is 28.7. The molecule has 0 aliphatic carbocycles. The second kappa shape index (κ2) is 10.8. The van der Waals surface area contributed by atoms with Crippen LogP contribution in [-0.2, 0) is 16.6 Å². The summed E-state index contributed by atoms with van der Waals surface area (Å²) in [5.74, 6) is 0.847. The van der Waals surface area contributed by atoms with E-state index in [4.69, 9.17) is 14.5 Å². The van der Waals surface area contributed by atoms with Crippen molar-refractivity contribution in [1.82, 2.24) is 28.3 Å². The van der Waals surface area contributed by atoms with Crippen LogP contribution in [0.25, 0.3) is 33.3 Å². The fraction of sp³-hybridized carbons (Fsp3) is 0.333. The number of aryl methyl sites for hydroxylation is 1. The summed E-state index contributed by atoms with van der Waals surface area (Å²) < 4.78 is 43.0. The van der Waals surface area contributed by atoms with Crippen LogP contribution in [0.15, 0.2) is 65.8 Å². The van der Waals surface area contributed by atoms with Crippen LogP contribution in [-0.4, -0.2) is 90.7 Å². The lowest BCUT2D eigenvalue weighted by molar-refractivity contribution is 0.150. The molecular formula is C30H34N6O4S. The number of methoxy groups -OCH3 is 2. The minimum Gasteiger partial charge on any atom is -0.491 e. The molecule has 41 heavy (non-hydrogen) atoms. The van der Waals surface area contributed by atoms with E-state index in [1.165, 1.54) is 3.97 Å². The Kier molecular flexibility index (Phi) is 7.18. The van der Waals surface area contributed by atoms with E-state index in [2.05, 4.69) is 26.4 Å². The van der Waals surface area contributed by atoms with Crippen molar-refractivity contribution in [2.75, 3.05) is 54.0 Å². The van der Waals surface area contributed by atoms with E-state index >= 15 is 0 Å². The summed E-state index contributed by atoms with van der Waals surface area (Å²) in [6.45, 7) is 7.58. The molecule has 6 rings (SSSR count). The lowest BCUT2D eigenvalue weighted by atomic mass is 10.2. The van der Waals surface area contributed by atoms with Crippen LogP contribution in [0.2, 0.25) is 0 Å². The van der Waals surface area contributed by atoms with Gasteiger partial charge in [-0.3, -0.25) is 4.90 Å². The lowest BCUT2D eigenvalue weighted by Crippen LogP contribution is -2.45. The highest BCUT2D eigenvalue weighted by atomic mass is 32.2. The molecule has 1 aliphatic heterocycles. The van der Waals surface area contributed by atoms with Crippen LogP contribution in [0.4, 0.5) is 0 Å². The molecular weight excluding hydrogens is 540 g/mol. The smallest absolute Gasteiger partial charge is 0.269 e. The zero-order valence-electron chi connectivity index (χ0n) is 23.7. The predicted octanol–water partition coefficient (Wildman–Crippen LogP) is 3.86. The molecule has 0 unspecified atom stereocenters. The number of likely N-dealkylation sites (N-methyl/N-ethyl adjacent to an activating group) is 1. The number of ether oxygens (including phenoxy) is 2. The summed E-state index contributed by atoms with van der Waals surface area (Å²) >= 11 is 0. The molecule has 1 saturated heterocycles. The Bertz CT molecular complexity index is 1820. The third kappa shape index (κ3) is 4.94. The molecule has 0 atom stereocenters. The molecule has 0 saturated carbocycles. The average Bonchev–Trinajstić information content (AvgIpc) is 3.54. The van der Waals surface area contributed by atoms with Gasteiger partial charge < -0.3 is 18.9 Å². The number of fused-ring (bicyclic) bond motifs is 2. The highest BCUT2D eigenvalue weighted by Crippen LogP contribution is 2.39. The minimum atomic E-state index is -3.99. The number of aromatic nitrogens is 4. The van der Waals surface area contributed by atoms with Crippen LogP contribution in [0.1, 0.15) is 5.56 Å². The van der Waals surface area contributed by atoms with E-state index in [9.17, 15) is 8.42 Å². The van der Waals surface area contributed by atoms with Crippen molar-refractivity contribution >= 4 is 32.1 Å². The van der Waals surface area contributed by atoms with Gasteiger partial charge in [-0.15, -0.1) is 0 Å². The maximum absolute atomic E-state index is 14.2. The largest absolute Gasteiger partial charge is 0.491 e.